The number of thioether (sulfide) groups is 1. The number of aryl methyl sites for hydroxylation is 1. The Hall–Kier alpha value is -1.61. The summed E-state index contributed by atoms with van der Waals surface area (Å²) >= 11 is 1.43. The minimum absolute atomic E-state index is 0.0780. The lowest BCUT2D eigenvalue weighted by Gasteiger charge is -2.32. The number of hydrogen-bond acceptors (Lipinski definition) is 5. The van der Waals surface area contributed by atoms with Crippen LogP contribution in [0.15, 0.2) is 11.5 Å². The SMILES string of the molecule is CCn1cnnc1SCC(=O)N1CC[NH+](CC(=O)NC(C)C)CC1. The molecule has 2 rings (SSSR count). The Kier molecular flexibility index (Phi) is 7.04. The van der Waals surface area contributed by atoms with Crippen LogP contribution in [0.5, 0.6) is 0 Å². The Labute approximate surface area is 147 Å². The fourth-order valence-electron chi connectivity index (χ4n) is 2.64. The zero-order valence-electron chi connectivity index (χ0n) is 14.6. The molecule has 1 aromatic rings. The highest BCUT2D eigenvalue weighted by Gasteiger charge is 2.25. The second kappa shape index (κ2) is 9.03. The van der Waals surface area contributed by atoms with Crippen LogP contribution in [0.2, 0.25) is 0 Å². The van der Waals surface area contributed by atoms with E-state index in [0.29, 0.717) is 25.4 Å². The van der Waals surface area contributed by atoms with Crippen LogP contribution in [0.1, 0.15) is 20.8 Å². The summed E-state index contributed by atoms with van der Waals surface area (Å²) in [4.78, 5) is 27.2. The first-order valence-electron chi connectivity index (χ1n) is 8.41. The van der Waals surface area contributed by atoms with Gasteiger partial charge in [-0.2, -0.15) is 0 Å². The fourth-order valence-corrected chi connectivity index (χ4v) is 3.52. The average molecular weight is 355 g/mol. The van der Waals surface area contributed by atoms with Crippen molar-refractivity contribution in [2.75, 3.05) is 38.5 Å². The van der Waals surface area contributed by atoms with Gasteiger partial charge in [0.25, 0.3) is 5.91 Å². The van der Waals surface area contributed by atoms with Gasteiger partial charge in [-0.15, -0.1) is 10.2 Å². The van der Waals surface area contributed by atoms with Crippen LogP contribution in [0.25, 0.3) is 0 Å². The third-order valence-corrected chi connectivity index (χ3v) is 4.89. The molecule has 2 N–H and O–H groups in total. The summed E-state index contributed by atoms with van der Waals surface area (Å²) in [5.74, 6) is 0.576. The molecule has 0 atom stereocenters. The van der Waals surface area contributed by atoms with E-state index in [1.165, 1.54) is 16.7 Å². The predicted octanol–water partition coefficient (Wildman–Crippen LogP) is -1.36. The third kappa shape index (κ3) is 5.48. The number of hydrogen-bond donors (Lipinski definition) is 2. The van der Waals surface area contributed by atoms with E-state index in [2.05, 4.69) is 15.5 Å². The summed E-state index contributed by atoms with van der Waals surface area (Å²) in [6, 6.07) is 0.168. The van der Waals surface area contributed by atoms with Gasteiger partial charge in [-0.3, -0.25) is 9.59 Å². The summed E-state index contributed by atoms with van der Waals surface area (Å²) in [5, 5.41) is 11.6. The van der Waals surface area contributed by atoms with Gasteiger partial charge < -0.3 is 19.7 Å². The van der Waals surface area contributed by atoms with Gasteiger partial charge in [-0.05, 0) is 20.8 Å². The van der Waals surface area contributed by atoms with Crippen LogP contribution in [0.3, 0.4) is 0 Å². The number of carbonyl (C=O) groups is 2. The molecule has 9 heteroatoms. The van der Waals surface area contributed by atoms with Gasteiger partial charge in [0, 0.05) is 12.6 Å². The van der Waals surface area contributed by atoms with Crippen molar-refractivity contribution in [2.45, 2.75) is 38.5 Å². The van der Waals surface area contributed by atoms with Gasteiger partial charge in [-0.25, -0.2) is 0 Å². The number of quaternary nitrogens is 1. The second-order valence-electron chi connectivity index (χ2n) is 6.22. The van der Waals surface area contributed by atoms with Crippen molar-refractivity contribution in [3.8, 4) is 0 Å². The quantitative estimate of drug-likeness (QED) is 0.591. The lowest BCUT2D eigenvalue weighted by molar-refractivity contribution is -0.896. The van der Waals surface area contributed by atoms with Crippen molar-refractivity contribution in [2.24, 2.45) is 0 Å². The van der Waals surface area contributed by atoms with Gasteiger partial charge >= 0.3 is 0 Å². The number of aromatic nitrogens is 3. The Morgan fingerprint density at radius 3 is 2.71 bits per heavy atom. The van der Waals surface area contributed by atoms with E-state index < -0.39 is 0 Å². The molecule has 0 bridgehead atoms. The van der Waals surface area contributed by atoms with E-state index in [1.807, 2.05) is 30.2 Å². The van der Waals surface area contributed by atoms with Crippen LogP contribution in [0.4, 0.5) is 0 Å². The van der Waals surface area contributed by atoms with Gasteiger partial charge in [0.15, 0.2) is 11.7 Å². The molecule has 1 fully saturated rings. The molecule has 0 radical (unpaired) electrons. The summed E-state index contributed by atoms with van der Waals surface area (Å²) < 4.78 is 1.92. The number of nitrogens with one attached hydrogen (secondary N) is 2. The van der Waals surface area contributed by atoms with Gasteiger partial charge in [-0.1, -0.05) is 11.8 Å². The van der Waals surface area contributed by atoms with Crippen LogP contribution in [-0.2, 0) is 16.1 Å². The Morgan fingerprint density at radius 1 is 1.38 bits per heavy atom. The molecule has 24 heavy (non-hydrogen) atoms. The maximum Gasteiger partial charge on any atom is 0.275 e. The van der Waals surface area contributed by atoms with E-state index in [9.17, 15) is 9.59 Å². The van der Waals surface area contributed by atoms with Gasteiger partial charge in [0.05, 0.1) is 31.9 Å². The summed E-state index contributed by atoms with van der Waals surface area (Å²) in [5.41, 5.74) is 0. The maximum absolute atomic E-state index is 12.3. The van der Waals surface area contributed by atoms with Crippen LogP contribution in [-0.4, -0.2) is 76.0 Å². The van der Waals surface area contributed by atoms with Crippen molar-refractivity contribution in [1.29, 1.82) is 0 Å². The molecule has 0 aliphatic carbocycles. The van der Waals surface area contributed by atoms with Crippen molar-refractivity contribution in [1.82, 2.24) is 25.0 Å². The fraction of sp³-hybridized carbons (Fsp3) is 0.733. The van der Waals surface area contributed by atoms with Crippen molar-refractivity contribution < 1.29 is 14.5 Å². The van der Waals surface area contributed by atoms with E-state index in [0.717, 1.165) is 24.8 Å². The zero-order chi connectivity index (χ0) is 17.5. The van der Waals surface area contributed by atoms with Crippen molar-refractivity contribution >= 4 is 23.6 Å². The first-order valence-corrected chi connectivity index (χ1v) is 9.39. The van der Waals surface area contributed by atoms with Gasteiger partial charge in [0.1, 0.15) is 6.33 Å². The lowest BCUT2D eigenvalue weighted by Crippen LogP contribution is -3.16. The number of piperazine rings is 1. The molecule has 2 heterocycles. The van der Waals surface area contributed by atoms with E-state index in [4.69, 9.17) is 0 Å². The van der Waals surface area contributed by atoms with Crippen LogP contribution in [0, 0.1) is 0 Å². The largest absolute Gasteiger partial charge is 0.349 e. The molecule has 134 valence electrons. The normalized spacial score (nSPS) is 15.8. The molecule has 8 nitrogen and oxygen atoms in total. The molecule has 0 spiro atoms. The third-order valence-electron chi connectivity index (χ3n) is 3.93. The lowest BCUT2D eigenvalue weighted by atomic mass is 10.3. The number of nitrogens with zero attached hydrogens (tertiary/aromatic N) is 4. The number of rotatable bonds is 7. The number of amides is 2. The summed E-state index contributed by atoms with van der Waals surface area (Å²) in [7, 11) is 0. The van der Waals surface area contributed by atoms with Crippen molar-refractivity contribution in [3.05, 3.63) is 6.33 Å². The van der Waals surface area contributed by atoms with Gasteiger partial charge in [0.2, 0.25) is 5.91 Å². The Bertz CT molecular complexity index is 554. The van der Waals surface area contributed by atoms with Crippen LogP contribution < -0.4 is 10.2 Å². The highest BCUT2D eigenvalue weighted by Crippen LogP contribution is 2.15. The molecule has 1 aliphatic heterocycles. The summed E-state index contributed by atoms with van der Waals surface area (Å²) in [6.45, 7) is 10.2. The first kappa shape index (κ1) is 18.7. The average Bonchev–Trinajstić information content (AvgIpc) is 3.00. The molecule has 0 saturated carbocycles. The van der Waals surface area contributed by atoms with Crippen LogP contribution >= 0.6 is 11.8 Å². The minimum atomic E-state index is 0.0780. The molecular formula is C15H27N6O2S+. The smallest absolute Gasteiger partial charge is 0.275 e. The Morgan fingerprint density at radius 2 is 2.08 bits per heavy atom. The van der Waals surface area contributed by atoms with E-state index in [1.54, 1.807) is 6.33 Å². The van der Waals surface area contributed by atoms with Crippen molar-refractivity contribution in [3.63, 3.8) is 0 Å². The molecule has 1 aromatic heterocycles. The van der Waals surface area contributed by atoms with E-state index in [-0.39, 0.29) is 17.9 Å². The second-order valence-corrected chi connectivity index (χ2v) is 7.16. The highest BCUT2D eigenvalue weighted by atomic mass is 32.2. The summed E-state index contributed by atoms with van der Waals surface area (Å²) in [6.07, 6.45) is 1.68. The molecule has 2 amide bonds. The number of carbonyl (C=O) groups excluding carboxylic acids is 2. The highest BCUT2D eigenvalue weighted by molar-refractivity contribution is 7.99. The first-order chi connectivity index (χ1) is 11.5. The minimum Gasteiger partial charge on any atom is -0.349 e. The standard InChI is InChI=1S/C15H26N6O2S/c1-4-20-11-16-18-15(20)24-10-14(23)21-7-5-19(6-8-21)9-13(22)17-12(2)3/h11-12H,4-10H2,1-3H3,(H,17,22)/p+1. The maximum atomic E-state index is 12.3. The predicted molar refractivity (Wildman–Crippen MR) is 91.8 cm³/mol. The molecule has 0 aromatic carbocycles. The molecule has 1 saturated heterocycles. The Balaban J connectivity index is 1.71. The molecule has 1 aliphatic rings. The molecule has 0 unspecified atom stereocenters. The topological polar surface area (TPSA) is 84.6 Å². The van der Waals surface area contributed by atoms with E-state index >= 15 is 0 Å². The molecular weight excluding hydrogens is 328 g/mol. The monoisotopic (exact) mass is 355 g/mol. The zero-order valence-corrected chi connectivity index (χ0v) is 15.4.